The molecule has 1 aromatic carbocycles. The van der Waals surface area contributed by atoms with Gasteiger partial charge in [-0.3, -0.25) is 0 Å². The monoisotopic (exact) mass is 339 g/mol. The fourth-order valence-corrected chi connectivity index (χ4v) is 1.95. The number of aryl methyl sites for hydroxylation is 1. The van der Waals surface area contributed by atoms with Crippen molar-refractivity contribution in [1.29, 1.82) is 0 Å². The van der Waals surface area contributed by atoms with Gasteiger partial charge in [-0.05, 0) is 57.6 Å². The summed E-state index contributed by atoms with van der Waals surface area (Å²) in [4.78, 5) is 11.5. The normalized spacial score (nSPS) is 10.7. The van der Waals surface area contributed by atoms with Gasteiger partial charge in [0.2, 0.25) is 0 Å². The fraction of sp³-hybridized carbons (Fsp3) is 0.500. The molecule has 0 heterocycles. The summed E-state index contributed by atoms with van der Waals surface area (Å²) in [6.07, 6.45) is -0.446. The molecule has 0 radical (unpaired) electrons. The second kappa shape index (κ2) is 8.57. The van der Waals surface area contributed by atoms with E-state index in [1.165, 1.54) is 0 Å². The lowest BCUT2D eigenvalue weighted by molar-refractivity contribution is 0.0529. The van der Waals surface area contributed by atoms with Gasteiger partial charge in [0, 0.05) is 13.1 Å². The van der Waals surface area contributed by atoms with Crippen molar-refractivity contribution >= 4 is 29.1 Å². The van der Waals surface area contributed by atoms with Crippen molar-refractivity contribution in [1.82, 2.24) is 10.6 Å². The van der Waals surface area contributed by atoms with Crippen molar-refractivity contribution in [3.8, 4) is 5.75 Å². The van der Waals surface area contributed by atoms with Gasteiger partial charge < -0.3 is 25.4 Å². The smallest absolute Gasteiger partial charge is 0.407 e. The molecule has 1 rings (SSSR count). The number of carbonyl (C=O) groups is 1. The second-order valence-corrected chi connectivity index (χ2v) is 6.42. The van der Waals surface area contributed by atoms with E-state index in [0.29, 0.717) is 24.0 Å². The molecule has 1 aromatic rings. The Morgan fingerprint density at radius 3 is 2.48 bits per heavy atom. The highest BCUT2D eigenvalue weighted by Crippen LogP contribution is 2.24. The Bertz CT molecular complexity index is 556. The summed E-state index contributed by atoms with van der Waals surface area (Å²) in [5.41, 5.74) is 1.39. The van der Waals surface area contributed by atoms with Gasteiger partial charge in [-0.25, -0.2) is 4.79 Å². The Morgan fingerprint density at radius 1 is 1.22 bits per heavy atom. The first-order chi connectivity index (χ1) is 10.7. The molecule has 0 aliphatic rings. The Hall–Kier alpha value is -2.02. The number of alkyl carbamates (subject to hydrolysis) is 1. The van der Waals surface area contributed by atoms with Gasteiger partial charge in [0.05, 0.1) is 12.8 Å². The second-order valence-electron chi connectivity index (χ2n) is 6.01. The molecular formula is C16H25N3O3S. The van der Waals surface area contributed by atoms with Gasteiger partial charge in [0.25, 0.3) is 0 Å². The molecular weight excluding hydrogens is 314 g/mol. The molecule has 1 amide bonds. The molecule has 0 bridgehead atoms. The predicted molar refractivity (Wildman–Crippen MR) is 96.2 cm³/mol. The summed E-state index contributed by atoms with van der Waals surface area (Å²) in [7, 11) is 1.61. The van der Waals surface area contributed by atoms with Crippen LogP contribution in [0.5, 0.6) is 5.75 Å². The first-order valence-electron chi connectivity index (χ1n) is 7.37. The zero-order valence-electron chi connectivity index (χ0n) is 14.3. The Kier molecular flexibility index (Phi) is 7.09. The summed E-state index contributed by atoms with van der Waals surface area (Å²) in [5.74, 6) is 0.714. The average molecular weight is 339 g/mol. The van der Waals surface area contributed by atoms with E-state index in [9.17, 15) is 4.79 Å². The van der Waals surface area contributed by atoms with Gasteiger partial charge in [0.15, 0.2) is 5.11 Å². The van der Waals surface area contributed by atoms with E-state index in [4.69, 9.17) is 21.7 Å². The summed E-state index contributed by atoms with van der Waals surface area (Å²) in [6.45, 7) is 8.34. The summed E-state index contributed by atoms with van der Waals surface area (Å²) in [6, 6.07) is 5.79. The van der Waals surface area contributed by atoms with Crippen LogP contribution < -0.4 is 20.7 Å². The SMILES string of the molecule is COc1ccc(C)cc1NC(=S)NCCNC(=O)OC(C)(C)C. The lowest BCUT2D eigenvalue weighted by atomic mass is 10.2. The van der Waals surface area contributed by atoms with Gasteiger partial charge in [0.1, 0.15) is 11.4 Å². The van der Waals surface area contributed by atoms with Crippen molar-refractivity contribution in [2.24, 2.45) is 0 Å². The molecule has 0 aliphatic carbocycles. The highest BCUT2D eigenvalue weighted by molar-refractivity contribution is 7.80. The van der Waals surface area contributed by atoms with E-state index >= 15 is 0 Å². The molecule has 0 aromatic heterocycles. The van der Waals surface area contributed by atoms with Crippen LogP contribution in [0, 0.1) is 6.92 Å². The van der Waals surface area contributed by atoms with Crippen LogP contribution in [0.25, 0.3) is 0 Å². The number of thiocarbonyl (C=S) groups is 1. The van der Waals surface area contributed by atoms with E-state index in [0.717, 1.165) is 11.3 Å². The zero-order valence-corrected chi connectivity index (χ0v) is 15.1. The largest absolute Gasteiger partial charge is 0.495 e. The molecule has 0 fully saturated rings. The van der Waals surface area contributed by atoms with Gasteiger partial charge in [-0.2, -0.15) is 0 Å². The zero-order chi connectivity index (χ0) is 17.5. The Balaban J connectivity index is 2.35. The van der Waals surface area contributed by atoms with Crippen LogP contribution in [0.2, 0.25) is 0 Å². The minimum atomic E-state index is -0.504. The molecule has 0 saturated heterocycles. The fourth-order valence-electron chi connectivity index (χ4n) is 1.74. The minimum Gasteiger partial charge on any atom is -0.495 e. The molecule has 0 atom stereocenters. The number of nitrogens with one attached hydrogen (secondary N) is 3. The number of rotatable bonds is 5. The number of hydrogen-bond acceptors (Lipinski definition) is 4. The maximum atomic E-state index is 11.5. The van der Waals surface area contributed by atoms with E-state index in [1.807, 2.05) is 45.9 Å². The number of benzene rings is 1. The number of hydrogen-bond donors (Lipinski definition) is 3. The van der Waals surface area contributed by atoms with Crippen LogP contribution in [0.15, 0.2) is 18.2 Å². The predicted octanol–water partition coefficient (Wildman–Crippen LogP) is 2.81. The highest BCUT2D eigenvalue weighted by Gasteiger charge is 2.15. The van der Waals surface area contributed by atoms with E-state index in [-0.39, 0.29) is 0 Å². The molecule has 0 aliphatic heterocycles. The lowest BCUT2D eigenvalue weighted by Gasteiger charge is -2.20. The molecule has 128 valence electrons. The molecule has 23 heavy (non-hydrogen) atoms. The van der Waals surface area contributed by atoms with Crippen molar-refractivity contribution in [3.63, 3.8) is 0 Å². The minimum absolute atomic E-state index is 0.404. The maximum Gasteiger partial charge on any atom is 0.407 e. The topological polar surface area (TPSA) is 71.6 Å². The van der Waals surface area contributed by atoms with Crippen molar-refractivity contribution < 1.29 is 14.3 Å². The number of amides is 1. The first-order valence-corrected chi connectivity index (χ1v) is 7.78. The summed E-state index contributed by atoms with van der Waals surface area (Å²) < 4.78 is 10.4. The van der Waals surface area contributed by atoms with Crippen LogP contribution in [0.1, 0.15) is 26.3 Å². The lowest BCUT2D eigenvalue weighted by Crippen LogP contribution is -2.39. The summed E-state index contributed by atoms with van der Waals surface area (Å²) >= 11 is 5.23. The number of anilines is 1. The maximum absolute atomic E-state index is 11.5. The third-order valence-electron chi connectivity index (χ3n) is 2.68. The molecule has 3 N–H and O–H groups in total. The Labute approximate surface area is 142 Å². The van der Waals surface area contributed by atoms with Gasteiger partial charge in [-0.15, -0.1) is 0 Å². The van der Waals surface area contributed by atoms with E-state index in [1.54, 1.807) is 7.11 Å². The van der Waals surface area contributed by atoms with Gasteiger partial charge >= 0.3 is 6.09 Å². The van der Waals surface area contributed by atoms with Crippen molar-refractivity contribution in [2.75, 3.05) is 25.5 Å². The van der Waals surface area contributed by atoms with E-state index in [2.05, 4.69) is 16.0 Å². The number of carbonyl (C=O) groups excluding carboxylic acids is 1. The molecule has 7 heteroatoms. The van der Waals surface area contributed by atoms with Crippen LogP contribution in [-0.4, -0.2) is 37.0 Å². The van der Waals surface area contributed by atoms with Crippen LogP contribution in [0.3, 0.4) is 0 Å². The highest BCUT2D eigenvalue weighted by atomic mass is 32.1. The first kappa shape index (κ1) is 19.0. The summed E-state index contributed by atoms with van der Waals surface area (Å²) in [5, 5.41) is 9.21. The molecule has 0 saturated carbocycles. The van der Waals surface area contributed by atoms with E-state index < -0.39 is 11.7 Å². The van der Waals surface area contributed by atoms with Gasteiger partial charge in [-0.1, -0.05) is 6.07 Å². The molecule has 0 unspecified atom stereocenters. The van der Waals surface area contributed by atoms with Crippen molar-refractivity contribution in [3.05, 3.63) is 23.8 Å². The standard InChI is InChI=1S/C16H25N3O3S/c1-11-6-7-13(21-5)12(10-11)19-14(23)17-8-9-18-15(20)22-16(2,3)4/h6-7,10H,8-9H2,1-5H3,(H,18,20)(H2,17,19,23). The number of ether oxygens (including phenoxy) is 2. The van der Waals surface area contributed by atoms with Crippen molar-refractivity contribution in [2.45, 2.75) is 33.3 Å². The average Bonchev–Trinajstić information content (AvgIpc) is 2.42. The van der Waals surface area contributed by atoms with Crippen LogP contribution >= 0.6 is 12.2 Å². The van der Waals surface area contributed by atoms with Crippen LogP contribution in [-0.2, 0) is 4.74 Å². The quantitative estimate of drug-likeness (QED) is 0.566. The third kappa shape index (κ3) is 7.69. The number of methoxy groups -OCH3 is 1. The Morgan fingerprint density at radius 2 is 1.87 bits per heavy atom. The molecule has 6 nitrogen and oxygen atoms in total. The third-order valence-corrected chi connectivity index (χ3v) is 2.93. The molecule has 0 spiro atoms. The van der Waals surface area contributed by atoms with Crippen LogP contribution in [0.4, 0.5) is 10.5 Å².